The van der Waals surface area contributed by atoms with Crippen molar-refractivity contribution < 1.29 is 4.74 Å². The molecule has 2 aromatic rings. The third-order valence-corrected chi connectivity index (χ3v) is 3.80. The summed E-state index contributed by atoms with van der Waals surface area (Å²) in [6, 6.07) is 0. The van der Waals surface area contributed by atoms with E-state index < -0.39 is 0 Å². The highest BCUT2D eigenvalue weighted by molar-refractivity contribution is 6.17. The molecule has 2 aromatic heterocycles. The van der Waals surface area contributed by atoms with E-state index in [9.17, 15) is 0 Å². The molecule has 0 fully saturated rings. The van der Waals surface area contributed by atoms with Crippen LogP contribution >= 0.6 is 11.6 Å². The average molecular weight is 299 g/mol. The predicted molar refractivity (Wildman–Crippen MR) is 81.4 cm³/mol. The number of aromatic nitrogens is 4. The quantitative estimate of drug-likeness (QED) is 0.770. The van der Waals surface area contributed by atoms with Gasteiger partial charge in [0, 0.05) is 26.5 Å². The third-order valence-electron chi connectivity index (χ3n) is 3.61. The van der Waals surface area contributed by atoms with Crippen LogP contribution in [0.25, 0.3) is 11.2 Å². The van der Waals surface area contributed by atoms with Gasteiger partial charge in [-0.15, -0.1) is 11.6 Å². The van der Waals surface area contributed by atoms with Gasteiger partial charge < -0.3 is 9.30 Å². The van der Waals surface area contributed by atoms with E-state index in [1.54, 1.807) is 7.11 Å². The van der Waals surface area contributed by atoms with E-state index >= 15 is 0 Å². The van der Waals surface area contributed by atoms with Crippen molar-refractivity contribution in [3.8, 4) is 0 Å². The monoisotopic (exact) mass is 298 g/mol. The zero-order valence-electron chi connectivity index (χ0n) is 12.9. The first-order chi connectivity index (χ1) is 9.43. The van der Waals surface area contributed by atoms with Gasteiger partial charge in [-0.25, -0.2) is 4.98 Å². The van der Waals surface area contributed by atoms with Gasteiger partial charge in [0.05, 0.1) is 17.8 Å². The summed E-state index contributed by atoms with van der Waals surface area (Å²) in [6.07, 6.45) is 1.63. The van der Waals surface area contributed by atoms with Gasteiger partial charge in [0.2, 0.25) is 0 Å². The summed E-state index contributed by atoms with van der Waals surface area (Å²) in [5, 5.41) is 4.55. The molecule has 0 aliphatic rings. The molecule has 0 amide bonds. The number of nitrogens with zero attached hydrogens (tertiary/aromatic N) is 4. The number of methoxy groups -OCH3 is 1. The van der Waals surface area contributed by atoms with Gasteiger partial charge in [-0.05, 0) is 20.3 Å². The Morgan fingerprint density at radius 3 is 2.60 bits per heavy atom. The lowest BCUT2D eigenvalue weighted by Crippen LogP contribution is -2.30. The van der Waals surface area contributed by atoms with Crippen molar-refractivity contribution >= 4 is 22.8 Å². The van der Waals surface area contributed by atoms with Crippen LogP contribution in [-0.2, 0) is 31.2 Å². The highest BCUT2D eigenvalue weighted by atomic mass is 35.5. The Morgan fingerprint density at radius 1 is 1.35 bits per heavy atom. The Morgan fingerprint density at radius 2 is 2.05 bits per heavy atom. The van der Waals surface area contributed by atoms with Gasteiger partial charge in [0.15, 0.2) is 5.65 Å². The minimum absolute atomic E-state index is 0.259. The van der Waals surface area contributed by atoms with E-state index in [4.69, 9.17) is 21.3 Å². The van der Waals surface area contributed by atoms with Crippen molar-refractivity contribution in [3.05, 3.63) is 11.5 Å². The number of hydrogen-bond acceptors (Lipinski definition) is 3. The lowest BCUT2D eigenvalue weighted by molar-refractivity contribution is 0.00824. The standard InChI is InChI=1S/C14H23ClN4O/c1-6-10-12-13(18(4)17-10)19(9-14(2,3)20-5)11(16-12)7-8-15/h6-9H2,1-5H3. The zero-order chi connectivity index (χ0) is 14.9. The van der Waals surface area contributed by atoms with Crippen LogP contribution in [0.2, 0.25) is 0 Å². The number of rotatable bonds is 6. The molecule has 0 saturated carbocycles. The Bertz CT molecular complexity index is 600. The molecule has 5 nitrogen and oxygen atoms in total. The van der Waals surface area contributed by atoms with Crippen LogP contribution in [-0.4, -0.2) is 37.9 Å². The Kier molecular flexibility index (Phi) is 4.39. The molecule has 20 heavy (non-hydrogen) atoms. The van der Waals surface area contributed by atoms with Gasteiger partial charge >= 0.3 is 0 Å². The number of imidazole rings is 1. The van der Waals surface area contributed by atoms with Crippen molar-refractivity contribution in [2.24, 2.45) is 7.05 Å². The van der Waals surface area contributed by atoms with Crippen LogP contribution in [0.5, 0.6) is 0 Å². The van der Waals surface area contributed by atoms with Crippen molar-refractivity contribution in [1.29, 1.82) is 0 Å². The molecule has 2 heterocycles. The normalized spacial score (nSPS) is 12.5. The maximum absolute atomic E-state index is 5.91. The number of hydrogen-bond donors (Lipinski definition) is 0. The molecule has 0 unspecified atom stereocenters. The zero-order valence-corrected chi connectivity index (χ0v) is 13.7. The number of halogens is 1. The van der Waals surface area contributed by atoms with E-state index in [2.05, 4.69) is 30.4 Å². The summed E-state index contributed by atoms with van der Waals surface area (Å²) in [5.74, 6) is 1.56. The fourth-order valence-electron chi connectivity index (χ4n) is 2.41. The van der Waals surface area contributed by atoms with Gasteiger partial charge in [0.25, 0.3) is 0 Å². The van der Waals surface area contributed by atoms with Gasteiger partial charge in [0.1, 0.15) is 11.3 Å². The molecule has 0 spiro atoms. The molecule has 0 radical (unpaired) electrons. The summed E-state index contributed by atoms with van der Waals surface area (Å²) in [5.41, 5.74) is 2.81. The molecule has 0 aliphatic heterocycles. The minimum Gasteiger partial charge on any atom is -0.377 e. The highest BCUT2D eigenvalue weighted by Gasteiger charge is 2.24. The van der Waals surface area contributed by atoms with Crippen molar-refractivity contribution in [2.75, 3.05) is 13.0 Å². The van der Waals surface area contributed by atoms with Crippen molar-refractivity contribution in [2.45, 2.75) is 45.8 Å². The molecule has 2 rings (SSSR count). The molecular weight excluding hydrogens is 276 g/mol. The van der Waals surface area contributed by atoms with Crippen LogP contribution in [0.3, 0.4) is 0 Å². The highest BCUT2D eigenvalue weighted by Crippen LogP contribution is 2.23. The van der Waals surface area contributed by atoms with Crippen LogP contribution in [0.15, 0.2) is 0 Å². The Labute approximate surface area is 124 Å². The second kappa shape index (κ2) is 5.74. The number of ether oxygens (including phenoxy) is 1. The first-order valence-corrected chi connectivity index (χ1v) is 7.49. The van der Waals surface area contributed by atoms with Crippen LogP contribution < -0.4 is 0 Å². The van der Waals surface area contributed by atoms with E-state index in [1.807, 2.05) is 11.7 Å². The SMILES string of the molecule is CCc1nn(C)c2c1nc(CCCl)n2CC(C)(C)OC. The minimum atomic E-state index is -0.259. The second-order valence-electron chi connectivity index (χ2n) is 5.61. The number of aryl methyl sites for hydroxylation is 3. The number of fused-ring (bicyclic) bond motifs is 1. The van der Waals surface area contributed by atoms with E-state index in [1.165, 1.54) is 0 Å². The van der Waals surface area contributed by atoms with E-state index in [-0.39, 0.29) is 5.60 Å². The average Bonchev–Trinajstić information content (AvgIpc) is 2.89. The maximum Gasteiger partial charge on any atom is 0.158 e. The van der Waals surface area contributed by atoms with Crippen LogP contribution in [0.4, 0.5) is 0 Å². The second-order valence-corrected chi connectivity index (χ2v) is 5.99. The molecule has 0 aliphatic carbocycles. The summed E-state index contributed by atoms with van der Waals surface area (Å²) in [4.78, 5) is 4.75. The van der Waals surface area contributed by atoms with Gasteiger partial charge in [-0.3, -0.25) is 4.68 Å². The Hall–Kier alpha value is -1.07. The first kappa shape index (κ1) is 15.3. The van der Waals surface area contributed by atoms with E-state index in [0.29, 0.717) is 5.88 Å². The van der Waals surface area contributed by atoms with Gasteiger partial charge in [-0.1, -0.05) is 6.92 Å². The lowest BCUT2D eigenvalue weighted by atomic mass is 10.1. The number of alkyl halides is 1. The topological polar surface area (TPSA) is 44.9 Å². The maximum atomic E-state index is 5.91. The first-order valence-electron chi connectivity index (χ1n) is 6.95. The smallest absolute Gasteiger partial charge is 0.158 e. The molecular formula is C14H23ClN4O. The summed E-state index contributed by atoms with van der Waals surface area (Å²) >= 11 is 5.91. The molecule has 0 N–H and O–H groups in total. The summed E-state index contributed by atoms with van der Waals surface area (Å²) in [6.45, 7) is 6.97. The molecule has 112 valence electrons. The predicted octanol–water partition coefficient (Wildman–Crippen LogP) is 2.54. The Balaban J connectivity index is 2.59. The molecule has 0 saturated heterocycles. The third kappa shape index (κ3) is 2.69. The van der Waals surface area contributed by atoms with Crippen molar-refractivity contribution in [3.63, 3.8) is 0 Å². The van der Waals surface area contributed by atoms with Crippen LogP contribution in [0, 0.1) is 0 Å². The molecule has 0 aromatic carbocycles. The molecule has 6 heteroatoms. The van der Waals surface area contributed by atoms with Crippen molar-refractivity contribution in [1.82, 2.24) is 19.3 Å². The van der Waals surface area contributed by atoms with Gasteiger partial charge in [-0.2, -0.15) is 5.10 Å². The van der Waals surface area contributed by atoms with Crippen LogP contribution in [0.1, 0.15) is 32.3 Å². The summed E-state index contributed by atoms with van der Waals surface area (Å²) < 4.78 is 9.65. The lowest BCUT2D eigenvalue weighted by Gasteiger charge is -2.24. The van der Waals surface area contributed by atoms with E-state index in [0.717, 1.165) is 42.1 Å². The molecule has 0 atom stereocenters. The fraction of sp³-hybridized carbons (Fsp3) is 0.714. The fourth-order valence-corrected chi connectivity index (χ4v) is 2.58. The largest absolute Gasteiger partial charge is 0.377 e. The molecule has 0 bridgehead atoms. The summed E-state index contributed by atoms with van der Waals surface area (Å²) in [7, 11) is 3.69.